The number of para-hydroxylation sites is 1. The highest BCUT2D eigenvalue weighted by Gasteiger charge is 2.32. The summed E-state index contributed by atoms with van der Waals surface area (Å²) in [6.07, 6.45) is -4.45. The first-order valence-corrected chi connectivity index (χ1v) is 10.8. The predicted octanol–water partition coefficient (Wildman–Crippen LogP) is 5.76. The molecule has 4 rings (SSSR count). The van der Waals surface area contributed by atoms with E-state index >= 15 is 0 Å². The van der Waals surface area contributed by atoms with Gasteiger partial charge in [-0.3, -0.25) is 9.36 Å². The number of rotatable bonds is 5. The Morgan fingerprint density at radius 1 is 0.938 bits per heavy atom. The molecule has 0 atom stereocenters. The van der Waals surface area contributed by atoms with Crippen LogP contribution in [0.25, 0.3) is 16.6 Å². The Bertz CT molecular complexity index is 1310. The number of alkyl halides is 3. The third-order valence-corrected chi connectivity index (χ3v) is 6.04. The van der Waals surface area contributed by atoms with Crippen molar-refractivity contribution in [1.82, 2.24) is 9.55 Å². The van der Waals surface area contributed by atoms with Crippen molar-refractivity contribution in [3.63, 3.8) is 0 Å². The molecule has 8 heteroatoms. The number of halogens is 3. The fraction of sp³-hybridized carbons (Fsp3) is 0.167. The highest BCUT2D eigenvalue weighted by atomic mass is 32.2. The molecule has 3 aromatic carbocycles. The third kappa shape index (κ3) is 4.36. The van der Waals surface area contributed by atoms with Gasteiger partial charge in [-0.2, -0.15) is 13.2 Å². The first kappa shape index (κ1) is 22.0. The Labute approximate surface area is 187 Å². The van der Waals surface area contributed by atoms with Crippen molar-refractivity contribution in [3.8, 4) is 5.69 Å². The van der Waals surface area contributed by atoms with Crippen LogP contribution in [0, 0.1) is 0 Å². The first-order chi connectivity index (χ1) is 15.3. The minimum absolute atomic E-state index is 0.0241. The molecule has 4 nitrogen and oxygen atoms in total. The summed E-state index contributed by atoms with van der Waals surface area (Å²) in [5, 5.41) is 0.785. The first-order valence-electron chi connectivity index (χ1n) is 9.83. The second kappa shape index (κ2) is 8.70. The summed E-state index contributed by atoms with van der Waals surface area (Å²) in [6.45, 7) is 0. The molecular formula is C24H20F3N3OS. The number of hydrogen-bond acceptors (Lipinski definition) is 4. The van der Waals surface area contributed by atoms with Crippen LogP contribution in [0.3, 0.4) is 0 Å². The quantitative estimate of drug-likeness (QED) is 0.283. The number of nitrogens with zero attached hydrogens (tertiary/aromatic N) is 3. The minimum atomic E-state index is -4.45. The summed E-state index contributed by atoms with van der Waals surface area (Å²) < 4.78 is 41.7. The van der Waals surface area contributed by atoms with E-state index < -0.39 is 11.7 Å². The minimum Gasteiger partial charge on any atom is -0.378 e. The third-order valence-electron chi connectivity index (χ3n) is 5.05. The molecule has 164 valence electrons. The Morgan fingerprint density at radius 3 is 2.28 bits per heavy atom. The van der Waals surface area contributed by atoms with Crippen molar-refractivity contribution in [1.29, 1.82) is 0 Å². The molecule has 0 N–H and O–H groups in total. The van der Waals surface area contributed by atoms with E-state index in [1.165, 1.54) is 16.7 Å². The van der Waals surface area contributed by atoms with E-state index in [9.17, 15) is 18.0 Å². The number of fused-ring (bicyclic) bond motifs is 1. The van der Waals surface area contributed by atoms with Gasteiger partial charge in [-0.1, -0.05) is 42.1 Å². The van der Waals surface area contributed by atoms with Gasteiger partial charge in [0.1, 0.15) is 0 Å². The lowest BCUT2D eigenvalue weighted by Crippen LogP contribution is -2.22. The molecular weight excluding hydrogens is 435 g/mol. The van der Waals surface area contributed by atoms with Gasteiger partial charge in [-0.15, -0.1) is 0 Å². The van der Waals surface area contributed by atoms with Gasteiger partial charge in [0, 0.05) is 25.5 Å². The Balaban J connectivity index is 1.81. The summed E-state index contributed by atoms with van der Waals surface area (Å²) in [5.74, 6) is 0.0241. The maximum Gasteiger partial charge on any atom is 0.416 e. The summed E-state index contributed by atoms with van der Waals surface area (Å²) in [6, 6.07) is 19.8. The molecule has 0 amide bonds. The molecule has 4 aromatic rings. The van der Waals surface area contributed by atoms with Gasteiger partial charge in [0.15, 0.2) is 5.16 Å². The molecule has 0 fully saturated rings. The molecule has 1 aromatic heterocycles. The molecule has 0 saturated carbocycles. The van der Waals surface area contributed by atoms with Crippen molar-refractivity contribution >= 4 is 28.4 Å². The van der Waals surface area contributed by atoms with Crippen molar-refractivity contribution in [3.05, 3.63) is 94.3 Å². The predicted molar refractivity (Wildman–Crippen MR) is 123 cm³/mol. The molecule has 0 aliphatic heterocycles. The van der Waals surface area contributed by atoms with Crippen LogP contribution >= 0.6 is 11.8 Å². The molecule has 0 aliphatic rings. The van der Waals surface area contributed by atoms with Gasteiger partial charge in [0.2, 0.25) is 0 Å². The summed E-state index contributed by atoms with van der Waals surface area (Å²) in [7, 11) is 3.83. The van der Waals surface area contributed by atoms with Crippen LogP contribution in [0.4, 0.5) is 18.9 Å². The summed E-state index contributed by atoms with van der Waals surface area (Å²) in [5.41, 5.74) is 1.26. The van der Waals surface area contributed by atoms with Crippen LogP contribution in [0.1, 0.15) is 11.1 Å². The highest BCUT2D eigenvalue weighted by Crippen LogP contribution is 2.35. The average molecular weight is 456 g/mol. The van der Waals surface area contributed by atoms with E-state index in [1.54, 1.807) is 42.5 Å². The lowest BCUT2D eigenvalue weighted by Gasteiger charge is -2.17. The van der Waals surface area contributed by atoms with E-state index in [-0.39, 0.29) is 16.9 Å². The van der Waals surface area contributed by atoms with E-state index in [0.717, 1.165) is 23.5 Å². The fourth-order valence-corrected chi connectivity index (χ4v) is 4.42. The van der Waals surface area contributed by atoms with Crippen LogP contribution in [0.15, 0.2) is 82.7 Å². The van der Waals surface area contributed by atoms with Crippen molar-refractivity contribution in [2.45, 2.75) is 17.1 Å². The van der Waals surface area contributed by atoms with Gasteiger partial charge < -0.3 is 4.90 Å². The second-order valence-corrected chi connectivity index (χ2v) is 8.35. The number of anilines is 1. The SMILES string of the molecule is CN(C)c1ccc(-n2c(SCc3ccccc3C(F)(F)F)nc3ccccc3c2=O)cc1. The van der Waals surface area contributed by atoms with Crippen LogP contribution in [0.5, 0.6) is 0 Å². The topological polar surface area (TPSA) is 38.1 Å². The number of hydrogen-bond donors (Lipinski definition) is 0. The molecule has 0 unspecified atom stereocenters. The van der Waals surface area contributed by atoms with Gasteiger partial charge in [0.25, 0.3) is 5.56 Å². The zero-order valence-electron chi connectivity index (χ0n) is 17.4. The number of benzene rings is 3. The normalized spacial score (nSPS) is 11.7. The van der Waals surface area contributed by atoms with Crippen molar-refractivity contribution in [2.75, 3.05) is 19.0 Å². The van der Waals surface area contributed by atoms with Crippen molar-refractivity contribution < 1.29 is 13.2 Å². The van der Waals surface area contributed by atoms with Gasteiger partial charge in [-0.25, -0.2) is 4.98 Å². The van der Waals surface area contributed by atoms with Crippen LogP contribution in [-0.4, -0.2) is 23.6 Å². The molecule has 0 spiro atoms. The Hall–Kier alpha value is -3.26. The Kier molecular flexibility index (Phi) is 5.97. The van der Waals surface area contributed by atoms with Gasteiger partial charge in [-0.05, 0) is 48.0 Å². The van der Waals surface area contributed by atoms with E-state index in [2.05, 4.69) is 4.98 Å². The van der Waals surface area contributed by atoms with E-state index in [0.29, 0.717) is 21.7 Å². The average Bonchev–Trinajstić information content (AvgIpc) is 2.77. The van der Waals surface area contributed by atoms with Crippen molar-refractivity contribution in [2.24, 2.45) is 0 Å². The monoisotopic (exact) mass is 455 g/mol. The zero-order chi connectivity index (χ0) is 22.9. The van der Waals surface area contributed by atoms with E-state index in [1.807, 2.05) is 31.1 Å². The van der Waals surface area contributed by atoms with Crippen LogP contribution < -0.4 is 10.5 Å². The maximum absolute atomic E-state index is 13.4. The molecule has 0 bridgehead atoms. The summed E-state index contributed by atoms with van der Waals surface area (Å²) in [4.78, 5) is 19.9. The Morgan fingerprint density at radius 2 is 1.59 bits per heavy atom. The molecule has 0 saturated heterocycles. The lowest BCUT2D eigenvalue weighted by atomic mass is 10.1. The molecule has 32 heavy (non-hydrogen) atoms. The smallest absolute Gasteiger partial charge is 0.378 e. The van der Waals surface area contributed by atoms with Crippen LogP contribution in [-0.2, 0) is 11.9 Å². The standard InChI is InChI=1S/C24H20F3N3OS/c1-29(2)17-11-13-18(14-12-17)30-22(31)19-8-4-6-10-21(19)28-23(30)32-15-16-7-3-5-9-20(16)24(25,26)27/h3-14H,15H2,1-2H3. The zero-order valence-corrected chi connectivity index (χ0v) is 18.2. The maximum atomic E-state index is 13.4. The van der Waals surface area contributed by atoms with E-state index in [4.69, 9.17) is 0 Å². The van der Waals surface area contributed by atoms with Crippen LogP contribution in [0.2, 0.25) is 0 Å². The second-order valence-electron chi connectivity index (χ2n) is 7.41. The largest absolute Gasteiger partial charge is 0.416 e. The highest BCUT2D eigenvalue weighted by molar-refractivity contribution is 7.98. The number of aromatic nitrogens is 2. The fourth-order valence-electron chi connectivity index (χ4n) is 3.40. The van der Waals surface area contributed by atoms with Gasteiger partial charge >= 0.3 is 6.18 Å². The van der Waals surface area contributed by atoms with Gasteiger partial charge in [0.05, 0.1) is 22.2 Å². The molecule has 0 radical (unpaired) electrons. The number of thioether (sulfide) groups is 1. The molecule has 0 aliphatic carbocycles. The molecule has 1 heterocycles. The lowest BCUT2D eigenvalue weighted by molar-refractivity contribution is -0.138. The summed E-state index contributed by atoms with van der Waals surface area (Å²) >= 11 is 1.11.